The molecule has 1 heterocycles. The molecule has 2 nitrogen and oxygen atoms in total. The molecule has 2 N–H and O–H groups in total. The van der Waals surface area contributed by atoms with Gasteiger partial charge in [-0.2, -0.15) is 12.8 Å². The van der Waals surface area contributed by atoms with Gasteiger partial charge in [0.25, 0.3) is 0 Å². The molecule has 0 amide bonds. The molecule has 4 unspecified atom stereocenters. The van der Waals surface area contributed by atoms with Crippen molar-refractivity contribution in [2.45, 2.75) is 51.1 Å². The van der Waals surface area contributed by atoms with Crippen LogP contribution in [0.2, 0.25) is 0 Å². The van der Waals surface area contributed by atoms with Gasteiger partial charge in [-0.05, 0) is 13.0 Å². The zero-order valence-electron chi connectivity index (χ0n) is 10.1. The maximum Gasteiger partial charge on any atom is 0.0208 e. The molecule has 0 spiro atoms. The van der Waals surface area contributed by atoms with Gasteiger partial charge in [0.1, 0.15) is 0 Å². The molecule has 0 aromatic rings. The summed E-state index contributed by atoms with van der Waals surface area (Å²) in [5, 5.41) is 7.19. The molecule has 15 heavy (non-hydrogen) atoms. The standard InChI is InChI=1S/C13H25N2/c1-3-4-6-10-7-5-8-11-12(14-2)9-15-13(10)11/h5,10-15H,3-4,6-9H2,1-2H3/q-1. The van der Waals surface area contributed by atoms with E-state index in [1.54, 1.807) is 0 Å². The lowest BCUT2D eigenvalue weighted by Crippen LogP contribution is -2.41. The lowest BCUT2D eigenvalue weighted by molar-refractivity contribution is 0.235. The highest BCUT2D eigenvalue weighted by Crippen LogP contribution is 2.36. The second-order valence-electron chi connectivity index (χ2n) is 5.16. The largest absolute Gasteiger partial charge is 0.328 e. The molecule has 88 valence electrons. The summed E-state index contributed by atoms with van der Waals surface area (Å²) in [5.74, 6) is 1.76. The van der Waals surface area contributed by atoms with Crippen molar-refractivity contribution in [2.24, 2.45) is 11.8 Å². The normalized spacial score (nSPS) is 40.4. The first kappa shape index (κ1) is 11.4. The van der Waals surface area contributed by atoms with Crippen LogP contribution in [-0.2, 0) is 0 Å². The quantitative estimate of drug-likeness (QED) is 0.692. The molecular formula is C13H25N2-. The van der Waals surface area contributed by atoms with Gasteiger partial charge in [0.05, 0.1) is 0 Å². The van der Waals surface area contributed by atoms with Gasteiger partial charge in [-0.15, -0.1) is 0 Å². The zero-order chi connectivity index (χ0) is 10.7. The fourth-order valence-corrected chi connectivity index (χ4v) is 3.37. The van der Waals surface area contributed by atoms with E-state index in [1.807, 2.05) is 0 Å². The van der Waals surface area contributed by atoms with E-state index in [0.29, 0.717) is 6.04 Å². The molecule has 1 aliphatic carbocycles. The van der Waals surface area contributed by atoms with Crippen molar-refractivity contribution in [3.05, 3.63) is 6.42 Å². The molecular weight excluding hydrogens is 184 g/mol. The van der Waals surface area contributed by atoms with Gasteiger partial charge >= 0.3 is 0 Å². The Hall–Kier alpha value is -0.0800. The van der Waals surface area contributed by atoms with Gasteiger partial charge < -0.3 is 17.1 Å². The summed E-state index contributed by atoms with van der Waals surface area (Å²) in [6, 6.07) is 1.50. The number of fused-ring (bicyclic) bond motifs is 1. The van der Waals surface area contributed by atoms with Crippen molar-refractivity contribution >= 4 is 0 Å². The van der Waals surface area contributed by atoms with E-state index in [-0.39, 0.29) is 0 Å². The van der Waals surface area contributed by atoms with Gasteiger partial charge in [0, 0.05) is 18.6 Å². The lowest BCUT2D eigenvalue weighted by atomic mass is 9.74. The molecule has 0 aromatic heterocycles. The van der Waals surface area contributed by atoms with E-state index < -0.39 is 0 Å². The molecule has 2 rings (SSSR count). The third-order valence-electron chi connectivity index (χ3n) is 4.27. The SMILES string of the molecule is CCCCC1C[CH-]CC2C(NC)CNC12. The smallest absolute Gasteiger partial charge is 0.0208 e. The Balaban J connectivity index is 1.92. The molecule has 4 atom stereocenters. The van der Waals surface area contributed by atoms with Crippen LogP contribution in [0.25, 0.3) is 0 Å². The van der Waals surface area contributed by atoms with Gasteiger partial charge in [-0.3, -0.25) is 0 Å². The fraction of sp³-hybridized carbons (Fsp3) is 0.923. The highest BCUT2D eigenvalue weighted by Gasteiger charge is 2.37. The fourth-order valence-electron chi connectivity index (χ4n) is 3.37. The van der Waals surface area contributed by atoms with Crippen LogP contribution in [0.5, 0.6) is 0 Å². The molecule has 1 saturated carbocycles. The number of likely N-dealkylation sites (N-methyl/N-ethyl adjacent to an activating group) is 1. The molecule has 0 aromatic carbocycles. The second-order valence-corrected chi connectivity index (χ2v) is 5.16. The molecule has 2 aliphatic rings. The Labute approximate surface area is 94.2 Å². The van der Waals surface area contributed by atoms with Gasteiger partial charge in [0.2, 0.25) is 0 Å². The van der Waals surface area contributed by atoms with E-state index in [2.05, 4.69) is 31.0 Å². The minimum absolute atomic E-state index is 0.704. The second kappa shape index (κ2) is 5.31. The maximum absolute atomic E-state index is 3.74. The third-order valence-corrected chi connectivity index (χ3v) is 4.27. The molecule has 2 heteroatoms. The van der Waals surface area contributed by atoms with E-state index >= 15 is 0 Å². The van der Waals surface area contributed by atoms with Crippen LogP contribution >= 0.6 is 0 Å². The summed E-state index contributed by atoms with van der Waals surface area (Å²) in [4.78, 5) is 0. The van der Waals surface area contributed by atoms with Crippen molar-refractivity contribution in [3.8, 4) is 0 Å². The van der Waals surface area contributed by atoms with Crippen LogP contribution in [0, 0.1) is 18.3 Å². The summed E-state index contributed by atoms with van der Waals surface area (Å²) in [6.07, 6.45) is 9.32. The highest BCUT2D eigenvalue weighted by atomic mass is 15.1. The summed E-state index contributed by atoms with van der Waals surface area (Å²) < 4.78 is 0. The minimum atomic E-state index is 0.704. The van der Waals surface area contributed by atoms with E-state index in [1.165, 1.54) is 38.6 Å². The minimum Gasteiger partial charge on any atom is -0.328 e. The predicted molar refractivity (Wildman–Crippen MR) is 64.7 cm³/mol. The van der Waals surface area contributed by atoms with Gasteiger partial charge in [-0.25, -0.2) is 0 Å². The summed E-state index contributed by atoms with van der Waals surface area (Å²) in [5.41, 5.74) is 0. The van der Waals surface area contributed by atoms with Crippen molar-refractivity contribution in [3.63, 3.8) is 0 Å². The molecule has 0 radical (unpaired) electrons. The Bertz CT molecular complexity index is 193. The van der Waals surface area contributed by atoms with Crippen molar-refractivity contribution in [1.82, 2.24) is 10.6 Å². The predicted octanol–water partition coefficient (Wildman–Crippen LogP) is 1.97. The third kappa shape index (κ3) is 2.36. The van der Waals surface area contributed by atoms with Crippen molar-refractivity contribution in [1.29, 1.82) is 0 Å². The molecule has 1 saturated heterocycles. The monoisotopic (exact) mass is 209 g/mol. The summed E-state index contributed by atoms with van der Waals surface area (Å²) in [7, 11) is 2.10. The first-order chi connectivity index (χ1) is 7.36. The van der Waals surface area contributed by atoms with Crippen molar-refractivity contribution < 1.29 is 0 Å². The van der Waals surface area contributed by atoms with Gasteiger partial charge in [0.15, 0.2) is 0 Å². The molecule has 0 bridgehead atoms. The maximum atomic E-state index is 3.74. The summed E-state index contributed by atoms with van der Waals surface area (Å²) >= 11 is 0. The van der Waals surface area contributed by atoms with Crippen LogP contribution in [0.15, 0.2) is 0 Å². The Morgan fingerprint density at radius 1 is 1.40 bits per heavy atom. The van der Waals surface area contributed by atoms with Crippen molar-refractivity contribution in [2.75, 3.05) is 13.6 Å². The van der Waals surface area contributed by atoms with Crippen LogP contribution < -0.4 is 10.6 Å². The highest BCUT2D eigenvalue weighted by molar-refractivity contribution is 5.03. The average molecular weight is 209 g/mol. The molecule has 2 fully saturated rings. The number of nitrogens with one attached hydrogen (secondary N) is 2. The Kier molecular flexibility index (Phi) is 4.04. The zero-order valence-corrected chi connectivity index (χ0v) is 10.1. The van der Waals surface area contributed by atoms with Crippen LogP contribution in [0.3, 0.4) is 0 Å². The lowest BCUT2D eigenvalue weighted by Gasteiger charge is -2.41. The number of hydrogen-bond acceptors (Lipinski definition) is 2. The van der Waals surface area contributed by atoms with E-state index in [0.717, 1.165) is 17.9 Å². The summed E-state index contributed by atoms with van der Waals surface area (Å²) in [6.45, 7) is 3.46. The average Bonchev–Trinajstić information content (AvgIpc) is 2.69. The van der Waals surface area contributed by atoms with E-state index in [4.69, 9.17) is 0 Å². The van der Waals surface area contributed by atoms with Crippen LogP contribution in [0.4, 0.5) is 0 Å². The van der Waals surface area contributed by atoms with E-state index in [9.17, 15) is 0 Å². The van der Waals surface area contributed by atoms with Crippen LogP contribution in [-0.4, -0.2) is 25.7 Å². The molecule has 1 aliphatic heterocycles. The Morgan fingerprint density at radius 2 is 2.27 bits per heavy atom. The van der Waals surface area contributed by atoms with Gasteiger partial charge in [-0.1, -0.05) is 32.1 Å². The number of rotatable bonds is 4. The first-order valence-electron chi connectivity index (χ1n) is 6.59. The van der Waals surface area contributed by atoms with Crippen LogP contribution in [0.1, 0.15) is 39.0 Å². The first-order valence-corrected chi connectivity index (χ1v) is 6.59. The number of unbranched alkanes of at least 4 members (excludes halogenated alkanes) is 1. The number of hydrogen-bond donors (Lipinski definition) is 2. The Morgan fingerprint density at radius 3 is 3.00 bits per heavy atom. The topological polar surface area (TPSA) is 24.1 Å².